The number of aliphatic hydroxyl groups excluding tert-OH is 1. The number of pyridine rings is 1. The van der Waals surface area contributed by atoms with E-state index >= 15 is 0 Å². The summed E-state index contributed by atoms with van der Waals surface area (Å²) >= 11 is 0. The lowest BCUT2D eigenvalue weighted by atomic mass is 9.97. The van der Waals surface area contributed by atoms with Gasteiger partial charge in [-0.1, -0.05) is 0 Å². The van der Waals surface area contributed by atoms with Gasteiger partial charge in [-0.25, -0.2) is 14.2 Å². The lowest BCUT2D eigenvalue weighted by molar-refractivity contribution is -0.192. The number of alkyl halides is 3. The standard InChI is InChI=1S/C15H20FN3O3.C2HF3O2/c16-12-2-1-5-17-14(12)18-11-8-15(22-9-11)4-6-19(10-15)13(21)3-7-20;3-2(4,5)1(6)7/h1-2,5,11,20H,3-4,6-10H2,(H,17,18);(H,6,7). The number of halogens is 4. The third-order valence-corrected chi connectivity index (χ3v) is 4.55. The molecule has 2 atom stereocenters. The molecule has 1 spiro atoms. The number of hydrogen-bond donors (Lipinski definition) is 3. The highest BCUT2D eigenvalue weighted by atomic mass is 19.4. The van der Waals surface area contributed by atoms with E-state index in [9.17, 15) is 22.4 Å². The summed E-state index contributed by atoms with van der Waals surface area (Å²) in [6.45, 7) is 1.52. The minimum Gasteiger partial charge on any atom is -0.475 e. The van der Waals surface area contributed by atoms with Gasteiger partial charge >= 0.3 is 12.1 Å². The minimum absolute atomic E-state index is 0.0164. The minimum atomic E-state index is -5.08. The van der Waals surface area contributed by atoms with Crippen LogP contribution in [0.2, 0.25) is 0 Å². The number of carboxylic acids is 1. The van der Waals surface area contributed by atoms with Crippen molar-refractivity contribution in [1.29, 1.82) is 0 Å². The lowest BCUT2D eigenvalue weighted by Crippen LogP contribution is -2.36. The molecule has 2 saturated heterocycles. The molecule has 0 aromatic carbocycles. The van der Waals surface area contributed by atoms with Crippen LogP contribution in [0.5, 0.6) is 0 Å². The molecule has 8 nitrogen and oxygen atoms in total. The number of rotatable bonds is 4. The van der Waals surface area contributed by atoms with Crippen molar-refractivity contribution in [3.8, 4) is 0 Å². The zero-order valence-electron chi connectivity index (χ0n) is 15.3. The van der Waals surface area contributed by atoms with Crippen LogP contribution >= 0.6 is 0 Å². The quantitative estimate of drug-likeness (QED) is 0.628. The molecule has 2 aliphatic rings. The highest BCUT2D eigenvalue weighted by Gasteiger charge is 2.46. The Morgan fingerprint density at radius 3 is 2.69 bits per heavy atom. The Morgan fingerprint density at radius 1 is 1.41 bits per heavy atom. The molecule has 1 aromatic rings. The molecule has 29 heavy (non-hydrogen) atoms. The fourth-order valence-electron chi connectivity index (χ4n) is 3.22. The number of nitrogens with one attached hydrogen (secondary N) is 1. The van der Waals surface area contributed by atoms with Gasteiger partial charge < -0.3 is 25.2 Å². The first-order chi connectivity index (χ1) is 13.6. The predicted molar refractivity (Wildman–Crippen MR) is 91.5 cm³/mol. The van der Waals surface area contributed by atoms with E-state index in [1.807, 2.05) is 0 Å². The normalized spacial score (nSPS) is 23.6. The molecule has 2 aliphatic heterocycles. The van der Waals surface area contributed by atoms with Gasteiger partial charge in [0.1, 0.15) is 0 Å². The Hall–Kier alpha value is -2.47. The Balaban J connectivity index is 0.000000370. The average molecular weight is 423 g/mol. The summed E-state index contributed by atoms with van der Waals surface area (Å²) in [5, 5.41) is 19.1. The summed E-state index contributed by atoms with van der Waals surface area (Å²) in [5.74, 6) is -2.95. The van der Waals surface area contributed by atoms with Crippen LogP contribution in [-0.4, -0.2) is 76.1 Å². The maximum absolute atomic E-state index is 13.6. The summed E-state index contributed by atoms with van der Waals surface area (Å²) < 4.78 is 51.3. The number of likely N-dealkylation sites (tertiary alicyclic amines) is 1. The molecule has 2 unspecified atom stereocenters. The molecule has 2 fully saturated rings. The predicted octanol–water partition coefficient (Wildman–Crippen LogP) is 1.41. The molecule has 3 N–H and O–H groups in total. The first-order valence-electron chi connectivity index (χ1n) is 8.76. The number of amides is 1. The van der Waals surface area contributed by atoms with E-state index in [4.69, 9.17) is 19.7 Å². The molecule has 1 aromatic heterocycles. The van der Waals surface area contributed by atoms with Crippen LogP contribution in [0.3, 0.4) is 0 Å². The number of nitrogens with zero attached hydrogens (tertiary/aromatic N) is 2. The van der Waals surface area contributed by atoms with Crippen molar-refractivity contribution in [2.75, 3.05) is 31.6 Å². The van der Waals surface area contributed by atoms with E-state index in [0.717, 1.165) is 6.42 Å². The average Bonchev–Trinajstić information content (AvgIpc) is 3.24. The third kappa shape index (κ3) is 6.26. The van der Waals surface area contributed by atoms with E-state index < -0.39 is 12.1 Å². The number of ether oxygens (including phenoxy) is 1. The number of hydrogen-bond acceptors (Lipinski definition) is 6. The maximum Gasteiger partial charge on any atom is 0.490 e. The molecule has 0 aliphatic carbocycles. The van der Waals surface area contributed by atoms with Crippen molar-refractivity contribution >= 4 is 17.7 Å². The number of carbonyl (C=O) groups excluding carboxylic acids is 1. The van der Waals surface area contributed by atoms with Gasteiger partial charge in [-0.3, -0.25) is 4.79 Å². The molecule has 3 rings (SSSR count). The smallest absolute Gasteiger partial charge is 0.475 e. The van der Waals surface area contributed by atoms with E-state index in [-0.39, 0.29) is 42.2 Å². The van der Waals surface area contributed by atoms with Crippen LogP contribution in [0.15, 0.2) is 18.3 Å². The van der Waals surface area contributed by atoms with Gasteiger partial charge in [0.05, 0.1) is 24.9 Å². The summed E-state index contributed by atoms with van der Waals surface area (Å²) in [6, 6.07) is 2.90. The Labute approximate surface area is 163 Å². The topological polar surface area (TPSA) is 112 Å². The van der Waals surface area contributed by atoms with E-state index in [1.165, 1.54) is 6.07 Å². The van der Waals surface area contributed by atoms with Crippen molar-refractivity contribution in [1.82, 2.24) is 9.88 Å². The molecule has 12 heteroatoms. The highest BCUT2D eigenvalue weighted by Crippen LogP contribution is 2.36. The molecular formula is C17H21F4N3O5. The molecule has 0 radical (unpaired) electrons. The van der Waals surface area contributed by atoms with Crippen LogP contribution in [0.4, 0.5) is 23.4 Å². The molecule has 0 bridgehead atoms. The second-order valence-corrected chi connectivity index (χ2v) is 6.72. The number of anilines is 1. The van der Waals surface area contributed by atoms with E-state index in [2.05, 4.69) is 10.3 Å². The Morgan fingerprint density at radius 2 is 2.10 bits per heavy atom. The monoisotopic (exact) mass is 423 g/mol. The zero-order chi connectivity index (χ0) is 21.7. The van der Waals surface area contributed by atoms with Gasteiger partial charge in [0.25, 0.3) is 0 Å². The van der Waals surface area contributed by atoms with Gasteiger partial charge in [-0.15, -0.1) is 0 Å². The highest BCUT2D eigenvalue weighted by molar-refractivity contribution is 5.76. The van der Waals surface area contributed by atoms with Gasteiger partial charge in [0, 0.05) is 32.1 Å². The second kappa shape index (κ2) is 9.35. The second-order valence-electron chi connectivity index (χ2n) is 6.72. The van der Waals surface area contributed by atoms with E-state index in [0.29, 0.717) is 26.1 Å². The van der Waals surface area contributed by atoms with Crippen molar-refractivity contribution in [2.45, 2.75) is 37.1 Å². The molecule has 162 valence electrons. The molecule has 3 heterocycles. The van der Waals surface area contributed by atoms with Crippen molar-refractivity contribution in [2.24, 2.45) is 0 Å². The molecule has 1 amide bonds. The SMILES string of the molecule is O=C(CCO)N1CCC2(CC(Nc3ncccc3F)CO2)C1.O=C(O)C(F)(F)F. The van der Waals surface area contributed by atoms with Crippen LogP contribution < -0.4 is 5.32 Å². The first-order valence-corrected chi connectivity index (χ1v) is 8.76. The number of carboxylic acid groups (broad SMARTS) is 1. The van der Waals surface area contributed by atoms with Crippen LogP contribution in [-0.2, 0) is 14.3 Å². The van der Waals surface area contributed by atoms with Crippen molar-refractivity contribution in [3.05, 3.63) is 24.1 Å². The number of aliphatic hydroxyl groups is 1. The van der Waals surface area contributed by atoms with Crippen molar-refractivity contribution < 1.29 is 42.1 Å². The van der Waals surface area contributed by atoms with Gasteiger partial charge in [-0.2, -0.15) is 13.2 Å². The number of aliphatic carboxylic acids is 1. The summed E-state index contributed by atoms with van der Waals surface area (Å²) in [4.78, 5) is 26.5. The van der Waals surface area contributed by atoms with Gasteiger partial charge in [-0.05, 0) is 18.6 Å². The van der Waals surface area contributed by atoms with Gasteiger partial charge in [0.15, 0.2) is 11.6 Å². The van der Waals surface area contributed by atoms with Crippen molar-refractivity contribution in [3.63, 3.8) is 0 Å². The number of carbonyl (C=O) groups is 2. The van der Waals surface area contributed by atoms with Crippen LogP contribution in [0, 0.1) is 5.82 Å². The summed E-state index contributed by atoms with van der Waals surface area (Å²) in [5.41, 5.74) is -0.353. The largest absolute Gasteiger partial charge is 0.490 e. The third-order valence-electron chi connectivity index (χ3n) is 4.55. The van der Waals surface area contributed by atoms with Crippen LogP contribution in [0.1, 0.15) is 19.3 Å². The number of aromatic nitrogens is 1. The maximum atomic E-state index is 13.6. The van der Waals surface area contributed by atoms with E-state index in [1.54, 1.807) is 17.2 Å². The first kappa shape index (κ1) is 22.8. The summed E-state index contributed by atoms with van der Waals surface area (Å²) in [6.07, 6.45) is -1.91. The van der Waals surface area contributed by atoms with Crippen LogP contribution in [0.25, 0.3) is 0 Å². The lowest BCUT2D eigenvalue weighted by Gasteiger charge is -2.23. The molecule has 0 saturated carbocycles. The fraction of sp³-hybridized carbons (Fsp3) is 0.588. The molecular weight excluding hydrogens is 402 g/mol. The Bertz CT molecular complexity index is 733. The summed E-state index contributed by atoms with van der Waals surface area (Å²) in [7, 11) is 0. The zero-order valence-corrected chi connectivity index (χ0v) is 15.3. The Kier molecular flexibility index (Phi) is 7.36. The van der Waals surface area contributed by atoms with Gasteiger partial charge in [0.2, 0.25) is 5.91 Å². The fourth-order valence-corrected chi connectivity index (χ4v) is 3.22.